The van der Waals surface area contributed by atoms with Crippen LogP contribution in [0.4, 0.5) is 5.82 Å². The van der Waals surface area contributed by atoms with Crippen LogP contribution < -0.4 is 5.32 Å². The van der Waals surface area contributed by atoms with Crippen LogP contribution in [0.2, 0.25) is 0 Å². The van der Waals surface area contributed by atoms with E-state index < -0.39 is 0 Å². The summed E-state index contributed by atoms with van der Waals surface area (Å²) < 4.78 is 5.44. The standard InChI is InChI=1S/C17H20N6O/c1-2-10(1)15-21-17(23-22-15)14-13-11(9-19-14)3-6-18-16(13)20-12-4-7-24-8-5-12/h3,6,10,12H,1-2,4-5,7-9H2,(H,18,20)(H,21,22,23). The summed E-state index contributed by atoms with van der Waals surface area (Å²) in [5.74, 6) is 3.14. The number of aromatic nitrogens is 4. The molecule has 0 atom stereocenters. The van der Waals surface area contributed by atoms with Crippen LogP contribution in [0, 0.1) is 0 Å². The van der Waals surface area contributed by atoms with Gasteiger partial charge in [-0.25, -0.2) is 9.97 Å². The first-order valence-electron chi connectivity index (χ1n) is 8.68. The van der Waals surface area contributed by atoms with Crippen LogP contribution in [0.25, 0.3) is 0 Å². The Balaban J connectivity index is 1.46. The van der Waals surface area contributed by atoms with E-state index in [2.05, 4.69) is 30.5 Å². The van der Waals surface area contributed by atoms with Crippen molar-refractivity contribution in [2.24, 2.45) is 4.99 Å². The second-order valence-electron chi connectivity index (χ2n) is 6.71. The van der Waals surface area contributed by atoms with Crippen molar-refractivity contribution in [1.82, 2.24) is 20.2 Å². The van der Waals surface area contributed by atoms with Gasteiger partial charge in [0.15, 0.2) is 5.82 Å². The fourth-order valence-electron chi connectivity index (χ4n) is 3.39. The molecule has 7 heteroatoms. The Morgan fingerprint density at radius 1 is 1.17 bits per heavy atom. The number of hydrogen-bond donors (Lipinski definition) is 2. The fourth-order valence-corrected chi connectivity index (χ4v) is 3.39. The highest BCUT2D eigenvalue weighted by Crippen LogP contribution is 2.38. The van der Waals surface area contributed by atoms with Crippen molar-refractivity contribution < 1.29 is 4.74 Å². The molecule has 2 fully saturated rings. The van der Waals surface area contributed by atoms with Crippen molar-refractivity contribution in [1.29, 1.82) is 0 Å². The molecule has 2 aliphatic heterocycles. The quantitative estimate of drug-likeness (QED) is 0.898. The van der Waals surface area contributed by atoms with Crippen LogP contribution in [0.5, 0.6) is 0 Å². The molecule has 1 saturated heterocycles. The summed E-state index contributed by atoms with van der Waals surface area (Å²) in [6.07, 6.45) is 6.27. The highest BCUT2D eigenvalue weighted by atomic mass is 16.5. The molecule has 5 rings (SSSR count). The topological polar surface area (TPSA) is 88.1 Å². The monoisotopic (exact) mass is 324 g/mol. The Hall–Kier alpha value is -2.28. The lowest BCUT2D eigenvalue weighted by Crippen LogP contribution is -2.29. The average Bonchev–Trinajstić information content (AvgIpc) is 3.19. The molecule has 7 nitrogen and oxygen atoms in total. The van der Waals surface area contributed by atoms with E-state index in [-0.39, 0.29) is 0 Å². The van der Waals surface area contributed by atoms with Gasteiger partial charge in [0.2, 0.25) is 0 Å². The number of rotatable bonds is 4. The zero-order valence-electron chi connectivity index (χ0n) is 13.5. The number of aromatic amines is 1. The maximum atomic E-state index is 5.44. The molecule has 0 radical (unpaired) electrons. The average molecular weight is 324 g/mol. The Kier molecular flexibility index (Phi) is 3.33. The molecule has 0 unspecified atom stereocenters. The van der Waals surface area contributed by atoms with Crippen LogP contribution in [0.1, 0.15) is 54.4 Å². The molecular weight excluding hydrogens is 304 g/mol. The Morgan fingerprint density at radius 3 is 2.88 bits per heavy atom. The molecule has 0 aromatic carbocycles. The largest absolute Gasteiger partial charge is 0.381 e. The molecule has 1 saturated carbocycles. The van der Waals surface area contributed by atoms with Gasteiger partial charge in [0.05, 0.1) is 12.1 Å². The molecule has 1 aliphatic carbocycles. The number of nitrogens with one attached hydrogen (secondary N) is 2. The minimum absolute atomic E-state index is 0.397. The minimum Gasteiger partial charge on any atom is -0.381 e. The predicted octanol–water partition coefficient (Wildman–Crippen LogP) is 2.02. The highest BCUT2D eigenvalue weighted by molar-refractivity contribution is 6.15. The van der Waals surface area contributed by atoms with E-state index >= 15 is 0 Å². The maximum Gasteiger partial charge on any atom is 0.200 e. The predicted molar refractivity (Wildman–Crippen MR) is 89.4 cm³/mol. The summed E-state index contributed by atoms with van der Waals surface area (Å²) in [6.45, 7) is 2.28. The number of H-pyrrole nitrogens is 1. The van der Waals surface area contributed by atoms with E-state index in [9.17, 15) is 0 Å². The molecule has 0 bridgehead atoms. The molecule has 24 heavy (non-hydrogen) atoms. The molecule has 0 amide bonds. The Bertz CT molecular complexity index is 788. The third-order valence-electron chi connectivity index (χ3n) is 4.92. The lowest BCUT2D eigenvalue weighted by molar-refractivity contribution is 0.0904. The first kappa shape index (κ1) is 14.1. The summed E-state index contributed by atoms with van der Waals surface area (Å²) in [5.41, 5.74) is 3.11. The van der Waals surface area contributed by atoms with Crippen molar-refractivity contribution in [3.05, 3.63) is 35.0 Å². The van der Waals surface area contributed by atoms with Gasteiger partial charge in [-0.3, -0.25) is 10.1 Å². The Morgan fingerprint density at radius 2 is 2.04 bits per heavy atom. The van der Waals surface area contributed by atoms with Gasteiger partial charge in [-0.2, -0.15) is 5.10 Å². The van der Waals surface area contributed by atoms with Crippen LogP contribution >= 0.6 is 0 Å². The van der Waals surface area contributed by atoms with Gasteiger partial charge in [-0.15, -0.1) is 0 Å². The summed E-state index contributed by atoms with van der Waals surface area (Å²) >= 11 is 0. The van der Waals surface area contributed by atoms with Crippen LogP contribution in [0.3, 0.4) is 0 Å². The first-order valence-corrected chi connectivity index (χ1v) is 8.68. The number of pyridine rings is 1. The molecule has 0 spiro atoms. The van der Waals surface area contributed by atoms with Gasteiger partial charge in [-0.05, 0) is 37.3 Å². The Labute approximate surface area is 140 Å². The van der Waals surface area contributed by atoms with E-state index in [0.717, 1.165) is 49.0 Å². The van der Waals surface area contributed by atoms with Crippen LogP contribution in [-0.2, 0) is 11.3 Å². The summed E-state index contributed by atoms with van der Waals surface area (Å²) in [5, 5.41) is 11.1. The molecule has 124 valence electrons. The van der Waals surface area contributed by atoms with Crippen LogP contribution in [0.15, 0.2) is 17.3 Å². The number of fused-ring (bicyclic) bond motifs is 1. The number of anilines is 1. The molecule has 2 N–H and O–H groups in total. The smallest absolute Gasteiger partial charge is 0.200 e. The first-order chi connectivity index (χ1) is 11.9. The van der Waals surface area contributed by atoms with Gasteiger partial charge in [-0.1, -0.05) is 0 Å². The van der Waals surface area contributed by atoms with Gasteiger partial charge in [0.25, 0.3) is 0 Å². The number of hydrogen-bond acceptors (Lipinski definition) is 6. The maximum absolute atomic E-state index is 5.44. The van der Waals surface area contributed by atoms with Crippen molar-refractivity contribution in [2.45, 2.75) is 44.2 Å². The third kappa shape index (κ3) is 2.49. The van der Waals surface area contributed by atoms with Crippen molar-refractivity contribution in [3.63, 3.8) is 0 Å². The minimum atomic E-state index is 0.397. The number of ether oxygens (including phenoxy) is 1. The molecule has 3 aliphatic rings. The second kappa shape index (κ2) is 5.66. The van der Waals surface area contributed by atoms with E-state index in [1.165, 1.54) is 18.4 Å². The molecule has 2 aromatic rings. The van der Waals surface area contributed by atoms with Gasteiger partial charge in [0, 0.05) is 31.4 Å². The van der Waals surface area contributed by atoms with E-state index in [4.69, 9.17) is 4.74 Å². The van der Waals surface area contributed by atoms with Gasteiger partial charge >= 0.3 is 0 Å². The molecule has 4 heterocycles. The fraction of sp³-hybridized carbons (Fsp3) is 0.529. The third-order valence-corrected chi connectivity index (χ3v) is 4.92. The lowest BCUT2D eigenvalue weighted by Gasteiger charge is -2.24. The second-order valence-corrected chi connectivity index (χ2v) is 6.71. The van der Waals surface area contributed by atoms with Crippen molar-refractivity contribution in [2.75, 3.05) is 18.5 Å². The van der Waals surface area contributed by atoms with Gasteiger partial charge < -0.3 is 10.1 Å². The summed E-state index contributed by atoms with van der Waals surface area (Å²) in [4.78, 5) is 13.9. The summed E-state index contributed by atoms with van der Waals surface area (Å²) in [6, 6.07) is 2.43. The zero-order valence-corrected chi connectivity index (χ0v) is 13.5. The SMILES string of the molecule is c1cc2c(c(NC3CCOCC3)n1)C(c1n[nH]c(C3CC3)n1)=NC2. The number of aliphatic imine (C=N–C) groups is 1. The molecule has 2 aromatic heterocycles. The van der Waals surface area contributed by atoms with Gasteiger partial charge in [0.1, 0.15) is 17.4 Å². The van der Waals surface area contributed by atoms with Crippen molar-refractivity contribution >= 4 is 11.5 Å². The lowest BCUT2D eigenvalue weighted by atomic mass is 10.0. The normalized spacial score (nSPS) is 20.8. The van der Waals surface area contributed by atoms with Crippen molar-refractivity contribution in [3.8, 4) is 0 Å². The zero-order chi connectivity index (χ0) is 15.9. The highest BCUT2D eigenvalue weighted by Gasteiger charge is 2.30. The summed E-state index contributed by atoms with van der Waals surface area (Å²) in [7, 11) is 0. The number of nitrogens with zero attached hydrogens (tertiary/aromatic N) is 4. The molecular formula is C17H20N6O. The van der Waals surface area contributed by atoms with E-state index in [1.807, 2.05) is 12.3 Å². The van der Waals surface area contributed by atoms with E-state index in [0.29, 0.717) is 24.3 Å². The van der Waals surface area contributed by atoms with Crippen LogP contribution in [-0.4, -0.2) is 45.1 Å². The van der Waals surface area contributed by atoms with E-state index in [1.54, 1.807) is 0 Å².